The number of anilines is 1. The van der Waals surface area contributed by atoms with Gasteiger partial charge in [-0.2, -0.15) is 0 Å². The third-order valence-corrected chi connectivity index (χ3v) is 5.99. The number of halogens is 1. The van der Waals surface area contributed by atoms with Gasteiger partial charge in [-0.05, 0) is 37.0 Å². The summed E-state index contributed by atoms with van der Waals surface area (Å²) in [6.07, 6.45) is 0.835. The molecule has 0 unspecified atom stereocenters. The van der Waals surface area contributed by atoms with Gasteiger partial charge in [0.05, 0.1) is 11.5 Å². The normalized spacial score (nSPS) is 19.8. The molecule has 3 N–H and O–H groups in total. The lowest BCUT2D eigenvalue weighted by molar-refractivity contribution is -0.118. The Balaban J connectivity index is 1.97. The van der Waals surface area contributed by atoms with E-state index in [0.29, 0.717) is 23.6 Å². The molecule has 26 heavy (non-hydrogen) atoms. The predicted octanol–water partition coefficient (Wildman–Crippen LogP) is 2.18. The largest absolute Gasteiger partial charge is 0.334 e. The summed E-state index contributed by atoms with van der Waals surface area (Å²) >= 11 is 5.91. The molecule has 1 aromatic rings. The van der Waals surface area contributed by atoms with E-state index in [2.05, 4.69) is 16.0 Å². The van der Waals surface area contributed by atoms with Crippen LogP contribution in [0.25, 0.3) is 0 Å². The van der Waals surface area contributed by atoms with Crippen molar-refractivity contribution in [3.63, 3.8) is 0 Å². The summed E-state index contributed by atoms with van der Waals surface area (Å²) < 4.78 is 23.0. The Morgan fingerprint density at radius 2 is 2.04 bits per heavy atom. The van der Waals surface area contributed by atoms with Crippen LogP contribution < -0.4 is 16.0 Å². The first-order valence-electron chi connectivity index (χ1n) is 8.48. The lowest BCUT2D eigenvalue weighted by Crippen LogP contribution is -2.51. The maximum absolute atomic E-state index is 12.5. The first-order chi connectivity index (χ1) is 12.1. The molecule has 1 heterocycles. The number of sulfone groups is 1. The SMILES string of the molecule is CC(C)C[C@H](NC(=O)N[C@@H]1CCS(=O)(=O)C1)C(=O)Nc1cccc(Cl)c1. The Bertz CT molecular complexity index is 767. The van der Waals surface area contributed by atoms with Gasteiger partial charge >= 0.3 is 6.03 Å². The van der Waals surface area contributed by atoms with Gasteiger partial charge in [0, 0.05) is 16.8 Å². The zero-order valence-electron chi connectivity index (χ0n) is 14.8. The molecule has 1 saturated heterocycles. The van der Waals surface area contributed by atoms with Crippen LogP contribution in [0.3, 0.4) is 0 Å². The first-order valence-corrected chi connectivity index (χ1v) is 10.7. The van der Waals surface area contributed by atoms with Crippen molar-refractivity contribution in [3.05, 3.63) is 29.3 Å². The van der Waals surface area contributed by atoms with E-state index < -0.39 is 28.0 Å². The second-order valence-electron chi connectivity index (χ2n) is 6.90. The number of hydrogen-bond donors (Lipinski definition) is 3. The third kappa shape index (κ3) is 6.49. The molecule has 3 amide bonds. The monoisotopic (exact) mass is 401 g/mol. The molecule has 1 fully saturated rings. The number of urea groups is 1. The number of benzene rings is 1. The number of amides is 3. The van der Waals surface area contributed by atoms with Crippen molar-refractivity contribution in [2.24, 2.45) is 5.92 Å². The summed E-state index contributed by atoms with van der Waals surface area (Å²) in [4.78, 5) is 24.7. The van der Waals surface area contributed by atoms with Crippen molar-refractivity contribution in [1.82, 2.24) is 10.6 Å². The van der Waals surface area contributed by atoms with Crippen LogP contribution in [0, 0.1) is 5.92 Å². The molecule has 0 aromatic heterocycles. The molecule has 9 heteroatoms. The smallest absolute Gasteiger partial charge is 0.315 e. The topological polar surface area (TPSA) is 104 Å². The molecule has 0 radical (unpaired) electrons. The fourth-order valence-electron chi connectivity index (χ4n) is 2.79. The molecular weight excluding hydrogens is 378 g/mol. The second-order valence-corrected chi connectivity index (χ2v) is 9.56. The summed E-state index contributed by atoms with van der Waals surface area (Å²) in [6.45, 7) is 3.89. The molecule has 0 aliphatic carbocycles. The van der Waals surface area contributed by atoms with Crippen molar-refractivity contribution in [2.45, 2.75) is 38.8 Å². The summed E-state index contributed by atoms with van der Waals surface area (Å²) in [7, 11) is -3.08. The van der Waals surface area contributed by atoms with Crippen molar-refractivity contribution in [1.29, 1.82) is 0 Å². The fourth-order valence-corrected chi connectivity index (χ4v) is 4.66. The van der Waals surface area contributed by atoms with Crippen LogP contribution >= 0.6 is 11.6 Å². The van der Waals surface area contributed by atoms with Crippen molar-refractivity contribution >= 4 is 39.1 Å². The van der Waals surface area contributed by atoms with Gasteiger partial charge in [0.15, 0.2) is 9.84 Å². The fraction of sp³-hybridized carbons (Fsp3) is 0.529. The average Bonchev–Trinajstić information content (AvgIpc) is 2.84. The van der Waals surface area contributed by atoms with E-state index in [1.165, 1.54) is 0 Å². The number of nitrogens with one attached hydrogen (secondary N) is 3. The molecule has 1 aromatic carbocycles. The van der Waals surface area contributed by atoms with Gasteiger partial charge in [0.25, 0.3) is 0 Å². The lowest BCUT2D eigenvalue weighted by atomic mass is 10.0. The molecule has 0 spiro atoms. The van der Waals surface area contributed by atoms with Crippen LogP contribution in [0.2, 0.25) is 5.02 Å². The van der Waals surface area contributed by atoms with Gasteiger partial charge in [-0.25, -0.2) is 13.2 Å². The molecule has 144 valence electrons. The summed E-state index contributed by atoms with van der Waals surface area (Å²) in [5.74, 6) is -0.167. The Kier molecular flexibility index (Phi) is 6.88. The summed E-state index contributed by atoms with van der Waals surface area (Å²) in [6, 6.07) is 5.04. The Morgan fingerprint density at radius 3 is 2.62 bits per heavy atom. The van der Waals surface area contributed by atoms with E-state index >= 15 is 0 Å². The van der Waals surface area contributed by atoms with Crippen LogP contribution in [-0.4, -0.2) is 43.9 Å². The van der Waals surface area contributed by atoms with Gasteiger partial charge in [-0.15, -0.1) is 0 Å². The molecule has 1 aliphatic heterocycles. The number of hydrogen-bond acceptors (Lipinski definition) is 4. The quantitative estimate of drug-likeness (QED) is 0.679. The highest BCUT2D eigenvalue weighted by atomic mass is 35.5. The molecular formula is C17H24ClN3O4S. The van der Waals surface area contributed by atoms with Crippen LogP contribution in [-0.2, 0) is 14.6 Å². The van der Waals surface area contributed by atoms with E-state index in [4.69, 9.17) is 11.6 Å². The van der Waals surface area contributed by atoms with E-state index in [1.54, 1.807) is 24.3 Å². The third-order valence-electron chi connectivity index (χ3n) is 3.99. The van der Waals surface area contributed by atoms with E-state index in [0.717, 1.165) is 0 Å². The van der Waals surface area contributed by atoms with Crippen molar-refractivity contribution in [2.75, 3.05) is 16.8 Å². The highest BCUT2D eigenvalue weighted by Gasteiger charge is 2.30. The highest BCUT2D eigenvalue weighted by molar-refractivity contribution is 7.91. The standard InChI is InChI=1S/C17H24ClN3O4S/c1-11(2)8-15(16(22)19-13-5-3-4-12(18)9-13)21-17(23)20-14-6-7-26(24,25)10-14/h3-5,9,11,14-15H,6-8,10H2,1-2H3,(H,19,22)(H2,20,21,23)/t14-,15+/m1/s1. The van der Waals surface area contributed by atoms with Crippen LogP contribution in [0.1, 0.15) is 26.7 Å². The van der Waals surface area contributed by atoms with Gasteiger partial charge < -0.3 is 16.0 Å². The maximum atomic E-state index is 12.5. The maximum Gasteiger partial charge on any atom is 0.315 e. The van der Waals surface area contributed by atoms with Crippen molar-refractivity contribution < 1.29 is 18.0 Å². The zero-order chi connectivity index (χ0) is 19.3. The van der Waals surface area contributed by atoms with Gasteiger partial charge in [0.2, 0.25) is 5.91 Å². The number of rotatable bonds is 6. The lowest BCUT2D eigenvalue weighted by Gasteiger charge is -2.21. The highest BCUT2D eigenvalue weighted by Crippen LogP contribution is 2.16. The molecule has 7 nitrogen and oxygen atoms in total. The van der Waals surface area contributed by atoms with Crippen molar-refractivity contribution in [3.8, 4) is 0 Å². The second kappa shape index (κ2) is 8.73. The minimum absolute atomic E-state index is 0.0655. The van der Waals surface area contributed by atoms with Gasteiger partial charge in [-0.1, -0.05) is 31.5 Å². The number of carbonyl (C=O) groups excluding carboxylic acids is 2. The van der Waals surface area contributed by atoms with Crippen LogP contribution in [0.4, 0.5) is 10.5 Å². The van der Waals surface area contributed by atoms with Crippen LogP contribution in [0.5, 0.6) is 0 Å². The Labute approximate surface area is 158 Å². The molecule has 1 aliphatic rings. The summed E-state index contributed by atoms with van der Waals surface area (Å²) in [5, 5.41) is 8.52. The van der Waals surface area contributed by atoms with Gasteiger partial charge in [-0.3, -0.25) is 4.79 Å². The predicted molar refractivity (Wildman–Crippen MR) is 102 cm³/mol. The van der Waals surface area contributed by atoms with E-state index in [9.17, 15) is 18.0 Å². The molecule has 0 bridgehead atoms. The first kappa shape index (κ1) is 20.5. The average molecular weight is 402 g/mol. The minimum atomic E-state index is -3.08. The number of carbonyl (C=O) groups is 2. The Morgan fingerprint density at radius 1 is 1.31 bits per heavy atom. The van der Waals surface area contributed by atoms with Crippen LogP contribution in [0.15, 0.2) is 24.3 Å². The Hall–Kier alpha value is -1.80. The molecule has 2 atom stereocenters. The van der Waals surface area contributed by atoms with E-state index in [1.807, 2.05) is 13.8 Å². The summed E-state index contributed by atoms with van der Waals surface area (Å²) in [5.41, 5.74) is 0.542. The molecule has 0 saturated carbocycles. The zero-order valence-corrected chi connectivity index (χ0v) is 16.4. The van der Waals surface area contributed by atoms with Gasteiger partial charge in [0.1, 0.15) is 6.04 Å². The minimum Gasteiger partial charge on any atom is -0.334 e. The van der Waals surface area contributed by atoms with E-state index in [-0.39, 0.29) is 23.3 Å². The molecule has 2 rings (SSSR count).